The van der Waals surface area contributed by atoms with Gasteiger partial charge < -0.3 is 5.32 Å². The van der Waals surface area contributed by atoms with E-state index in [0.717, 1.165) is 43.1 Å². The second kappa shape index (κ2) is 7.91. The van der Waals surface area contributed by atoms with Gasteiger partial charge in [-0.25, -0.2) is 0 Å². The van der Waals surface area contributed by atoms with Crippen molar-refractivity contribution in [2.75, 3.05) is 25.0 Å². The van der Waals surface area contributed by atoms with Crippen LogP contribution in [0.3, 0.4) is 0 Å². The van der Waals surface area contributed by atoms with E-state index in [1.165, 1.54) is 11.1 Å². The lowest BCUT2D eigenvalue weighted by atomic mass is 10.0. The van der Waals surface area contributed by atoms with Crippen LogP contribution in [-0.4, -0.2) is 50.0 Å². The maximum Gasteiger partial charge on any atom is 0.238 e. The Labute approximate surface area is 167 Å². The van der Waals surface area contributed by atoms with Crippen molar-refractivity contribution in [1.82, 2.24) is 24.5 Å². The number of anilines is 1. The second-order valence-electron chi connectivity index (χ2n) is 8.47. The summed E-state index contributed by atoms with van der Waals surface area (Å²) < 4.78 is 3.92. The first-order chi connectivity index (χ1) is 13.2. The summed E-state index contributed by atoms with van der Waals surface area (Å²) in [6.07, 6.45) is 7.20. The van der Waals surface area contributed by atoms with Crippen LogP contribution in [0, 0.1) is 13.8 Å². The highest BCUT2D eigenvalue weighted by Crippen LogP contribution is 2.24. The van der Waals surface area contributed by atoms with Crippen LogP contribution < -0.4 is 5.32 Å². The van der Waals surface area contributed by atoms with Crippen molar-refractivity contribution in [3.05, 3.63) is 35.4 Å². The third-order valence-electron chi connectivity index (χ3n) is 5.25. The number of nitrogens with one attached hydrogen (secondary N) is 1. The van der Waals surface area contributed by atoms with Crippen LogP contribution in [0.4, 0.5) is 5.69 Å². The summed E-state index contributed by atoms with van der Waals surface area (Å²) in [5.74, 6) is 0.0132. The highest BCUT2D eigenvalue weighted by atomic mass is 16.2. The first-order valence-electron chi connectivity index (χ1n) is 9.99. The first kappa shape index (κ1) is 20.3. The molecule has 7 nitrogen and oxygen atoms in total. The normalized spacial score (nSPS) is 15.6. The van der Waals surface area contributed by atoms with Gasteiger partial charge in [0.15, 0.2) is 0 Å². The van der Waals surface area contributed by atoms with E-state index in [4.69, 9.17) is 0 Å². The molecule has 28 heavy (non-hydrogen) atoms. The van der Waals surface area contributed by atoms with Crippen molar-refractivity contribution in [3.8, 4) is 0 Å². The van der Waals surface area contributed by atoms with E-state index in [2.05, 4.69) is 53.5 Å². The monoisotopic (exact) mass is 384 g/mol. The largest absolute Gasteiger partial charge is 0.322 e. The van der Waals surface area contributed by atoms with Crippen molar-refractivity contribution in [1.29, 1.82) is 0 Å². The molecular formula is C21H32N6O. The molecule has 0 bridgehead atoms. The molecule has 1 aliphatic rings. The predicted octanol–water partition coefficient (Wildman–Crippen LogP) is 3.20. The van der Waals surface area contributed by atoms with Crippen LogP contribution in [0.15, 0.2) is 18.5 Å². The molecule has 0 atom stereocenters. The number of hydrogen-bond acceptors (Lipinski definition) is 4. The lowest BCUT2D eigenvalue weighted by Gasteiger charge is -2.25. The van der Waals surface area contributed by atoms with Gasteiger partial charge in [0, 0.05) is 31.4 Å². The molecule has 0 fully saturated rings. The smallest absolute Gasteiger partial charge is 0.238 e. The molecule has 0 radical (unpaired) electrons. The van der Waals surface area contributed by atoms with Gasteiger partial charge in [0.2, 0.25) is 5.91 Å². The summed E-state index contributed by atoms with van der Waals surface area (Å²) in [5.41, 5.74) is 5.18. The summed E-state index contributed by atoms with van der Waals surface area (Å²) in [4.78, 5) is 14.7. The van der Waals surface area contributed by atoms with E-state index >= 15 is 0 Å². The van der Waals surface area contributed by atoms with Crippen molar-refractivity contribution >= 4 is 17.2 Å². The van der Waals surface area contributed by atoms with Crippen LogP contribution >= 0.6 is 0 Å². The molecule has 0 unspecified atom stereocenters. The van der Waals surface area contributed by atoms with Gasteiger partial charge in [0.25, 0.3) is 0 Å². The summed E-state index contributed by atoms with van der Waals surface area (Å²) in [6.45, 7) is 15.2. The van der Waals surface area contributed by atoms with Crippen LogP contribution in [0.1, 0.15) is 51.1 Å². The average Bonchev–Trinajstić information content (AvgIpc) is 3.23. The van der Waals surface area contributed by atoms with E-state index in [9.17, 15) is 4.79 Å². The van der Waals surface area contributed by atoms with Gasteiger partial charge in [0.1, 0.15) is 0 Å². The van der Waals surface area contributed by atoms with Gasteiger partial charge in [-0.15, -0.1) is 0 Å². The highest BCUT2D eigenvalue weighted by molar-refractivity contribution is 5.93. The molecule has 1 aliphatic heterocycles. The Bertz CT molecular complexity index is 883. The standard InChI is InChI=1S/C21H32N6O/c1-7-26-16(3)20(15(2)24-26)23-19(28)14-25-10-8-17(9-11-25)18-12-22-27(13-18)21(4,5)6/h8,12-13H,7,9-11,14H2,1-6H3,(H,23,28). The maximum absolute atomic E-state index is 12.5. The fraction of sp³-hybridized carbons (Fsp3) is 0.571. The van der Waals surface area contributed by atoms with Gasteiger partial charge in [-0.05, 0) is 53.5 Å². The predicted molar refractivity (Wildman–Crippen MR) is 112 cm³/mol. The molecule has 3 heterocycles. The van der Waals surface area contributed by atoms with Gasteiger partial charge in [-0.2, -0.15) is 10.2 Å². The molecule has 0 saturated heterocycles. The number of nitrogens with zero attached hydrogens (tertiary/aromatic N) is 5. The fourth-order valence-electron chi connectivity index (χ4n) is 3.54. The Hall–Kier alpha value is -2.41. The second-order valence-corrected chi connectivity index (χ2v) is 8.47. The molecular weight excluding hydrogens is 352 g/mol. The summed E-state index contributed by atoms with van der Waals surface area (Å²) in [7, 11) is 0. The Morgan fingerprint density at radius 3 is 2.57 bits per heavy atom. The number of rotatable bonds is 5. The molecule has 1 amide bonds. The van der Waals surface area contributed by atoms with Gasteiger partial charge in [-0.1, -0.05) is 6.08 Å². The zero-order valence-corrected chi connectivity index (χ0v) is 17.9. The number of carbonyl (C=O) groups is 1. The molecule has 7 heteroatoms. The number of hydrogen-bond donors (Lipinski definition) is 1. The summed E-state index contributed by atoms with van der Waals surface area (Å²) in [6, 6.07) is 0. The highest BCUT2D eigenvalue weighted by Gasteiger charge is 2.20. The SMILES string of the molecule is CCn1nc(C)c(NC(=O)CN2CC=C(c3cnn(C(C)(C)C)c3)CC2)c1C. The zero-order valence-electron chi connectivity index (χ0n) is 17.9. The topological polar surface area (TPSA) is 68.0 Å². The van der Waals surface area contributed by atoms with E-state index in [-0.39, 0.29) is 11.4 Å². The molecule has 0 spiro atoms. The van der Waals surface area contributed by atoms with E-state index in [1.807, 2.05) is 36.3 Å². The first-order valence-corrected chi connectivity index (χ1v) is 9.99. The van der Waals surface area contributed by atoms with Crippen molar-refractivity contribution in [3.63, 3.8) is 0 Å². The fourth-order valence-corrected chi connectivity index (χ4v) is 3.54. The van der Waals surface area contributed by atoms with Crippen LogP contribution in [0.5, 0.6) is 0 Å². The van der Waals surface area contributed by atoms with Crippen LogP contribution in [0.2, 0.25) is 0 Å². The Kier molecular flexibility index (Phi) is 5.74. The number of carbonyl (C=O) groups excluding carboxylic acids is 1. The van der Waals surface area contributed by atoms with E-state index < -0.39 is 0 Å². The number of aryl methyl sites for hydroxylation is 2. The zero-order chi connectivity index (χ0) is 20.5. The van der Waals surface area contributed by atoms with E-state index in [0.29, 0.717) is 6.54 Å². The average molecular weight is 385 g/mol. The van der Waals surface area contributed by atoms with Crippen LogP contribution in [-0.2, 0) is 16.9 Å². The molecule has 0 aliphatic carbocycles. The lowest BCUT2D eigenvalue weighted by Crippen LogP contribution is -2.36. The number of amides is 1. The van der Waals surface area contributed by atoms with Gasteiger partial charge in [-0.3, -0.25) is 19.1 Å². The number of aromatic nitrogens is 4. The van der Waals surface area contributed by atoms with Gasteiger partial charge in [0.05, 0.1) is 35.4 Å². The molecule has 3 rings (SSSR count). The lowest BCUT2D eigenvalue weighted by molar-refractivity contribution is -0.117. The Balaban J connectivity index is 1.58. The molecule has 2 aromatic rings. The molecule has 152 valence electrons. The molecule has 1 N–H and O–H groups in total. The van der Waals surface area contributed by atoms with Crippen molar-refractivity contribution < 1.29 is 4.79 Å². The van der Waals surface area contributed by atoms with Crippen molar-refractivity contribution in [2.24, 2.45) is 0 Å². The van der Waals surface area contributed by atoms with Crippen LogP contribution in [0.25, 0.3) is 5.57 Å². The third-order valence-corrected chi connectivity index (χ3v) is 5.25. The third kappa shape index (κ3) is 4.35. The van der Waals surface area contributed by atoms with Gasteiger partial charge >= 0.3 is 0 Å². The quantitative estimate of drug-likeness (QED) is 0.860. The molecule has 2 aromatic heterocycles. The molecule has 0 aromatic carbocycles. The maximum atomic E-state index is 12.5. The Morgan fingerprint density at radius 1 is 1.29 bits per heavy atom. The molecule has 0 saturated carbocycles. The Morgan fingerprint density at radius 2 is 2.04 bits per heavy atom. The summed E-state index contributed by atoms with van der Waals surface area (Å²) >= 11 is 0. The van der Waals surface area contributed by atoms with E-state index in [1.54, 1.807) is 0 Å². The summed E-state index contributed by atoms with van der Waals surface area (Å²) in [5, 5.41) is 12.0. The minimum atomic E-state index is -0.0144. The van der Waals surface area contributed by atoms with Crippen molar-refractivity contribution in [2.45, 2.75) is 60.0 Å². The minimum Gasteiger partial charge on any atom is -0.322 e. The minimum absolute atomic E-state index is 0.0132.